The number of unbranched alkanes of at least 4 members (excludes halogenated alkanes) is 3. The summed E-state index contributed by atoms with van der Waals surface area (Å²) in [4.78, 5) is 9.15. The molecule has 2 aromatic rings. The minimum atomic E-state index is -2.37. The molecule has 25 heavy (non-hydrogen) atoms. The van der Waals surface area contributed by atoms with E-state index < -0.39 is 18.4 Å². The van der Waals surface area contributed by atoms with E-state index in [1.165, 1.54) is 51.8 Å². The predicted molar refractivity (Wildman–Crippen MR) is 112 cm³/mol. The van der Waals surface area contributed by atoms with Gasteiger partial charge in [-0.2, -0.15) is 0 Å². The molecule has 0 saturated carbocycles. The maximum atomic E-state index is 4.64. The molecule has 2 nitrogen and oxygen atoms in total. The normalized spacial score (nSPS) is 11.6. The number of hydrogen-bond acceptors (Lipinski definition) is 2. The van der Waals surface area contributed by atoms with E-state index in [-0.39, 0.29) is 0 Å². The molecule has 0 atom stereocenters. The third-order valence-corrected chi connectivity index (χ3v) is 20.9. The van der Waals surface area contributed by atoms with Crippen molar-refractivity contribution in [2.45, 2.75) is 72.6 Å². The van der Waals surface area contributed by atoms with Gasteiger partial charge in [0.1, 0.15) is 0 Å². The molecule has 0 bridgehead atoms. The molecule has 0 fully saturated rings. The Kier molecular flexibility index (Phi) is 8.94. The van der Waals surface area contributed by atoms with Crippen LogP contribution in [0.5, 0.6) is 0 Å². The van der Waals surface area contributed by atoms with E-state index >= 15 is 0 Å². The Balaban J connectivity index is 2.40. The van der Waals surface area contributed by atoms with Crippen LogP contribution in [0.3, 0.4) is 0 Å². The van der Waals surface area contributed by atoms with E-state index in [4.69, 9.17) is 0 Å². The van der Waals surface area contributed by atoms with Crippen molar-refractivity contribution in [3.8, 4) is 11.4 Å². The molecule has 0 amide bonds. The van der Waals surface area contributed by atoms with Gasteiger partial charge in [-0.05, 0) is 0 Å². The molecule has 0 aliphatic carbocycles. The molecule has 0 radical (unpaired) electrons. The molecule has 136 valence electrons. The van der Waals surface area contributed by atoms with E-state index in [0.29, 0.717) is 0 Å². The van der Waals surface area contributed by atoms with Gasteiger partial charge in [-0.1, -0.05) is 0 Å². The molecular formula is C22H34N2Sn. The topological polar surface area (TPSA) is 25.8 Å². The zero-order chi connectivity index (χ0) is 18.0. The van der Waals surface area contributed by atoms with Crippen LogP contribution in [0.1, 0.15) is 59.3 Å². The number of nitrogens with zero attached hydrogens (tertiary/aromatic N) is 2. The summed E-state index contributed by atoms with van der Waals surface area (Å²) in [7, 11) is 0. The maximum absolute atomic E-state index is 4.64. The van der Waals surface area contributed by atoms with Gasteiger partial charge in [0, 0.05) is 0 Å². The average Bonchev–Trinajstić information content (AvgIpc) is 2.68. The molecule has 0 saturated heterocycles. The van der Waals surface area contributed by atoms with Crippen LogP contribution in [0, 0.1) is 0 Å². The van der Waals surface area contributed by atoms with Gasteiger partial charge in [0.05, 0.1) is 0 Å². The summed E-state index contributed by atoms with van der Waals surface area (Å²) in [6, 6.07) is 10.9. The van der Waals surface area contributed by atoms with Gasteiger partial charge in [0.25, 0.3) is 0 Å². The van der Waals surface area contributed by atoms with E-state index in [9.17, 15) is 0 Å². The zero-order valence-corrected chi connectivity index (χ0v) is 19.2. The molecule has 3 heteroatoms. The van der Waals surface area contributed by atoms with E-state index in [1.54, 1.807) is 3.58 Å². The Morgan fingerprint density at radius 3 is 1.84 bits per heavy atom. The molecule has 2 rings (SSSR count). The number of hydrogen-bond donors (Lipinski definition) is 0. The van der Waals surface area contributed by atoms with Crippen molar-refractivity contribution >= 4 is 22.0 Å². The Labute approximate surface area is 158 Å². The van der Waals surface area contributed by atoms with Crippen LogP contribution in [-0.2, 0) is 0 Å². The van der Waals surface area contributed by atoms with Crippen LogP contribution >= 0.6 is 0 Å². The zero-order valence-electron chi connectivity index (χ0n) is 16.3. The van der Waals surface area contributed by atoms with Crippen molar-refractivity contribution in [3.63, 3.8) is 0 Å². The molecule has 0 spiro atoms. The summed E-state index contributed by atoms with van der Waals surface area (Å²) in [5.74, 6) is 0. The van der Waals surface area contributed by atoms with Crippen molar-refractivity contribution in [3.05, 3.63) is 42.7 Å². The first-order valence-electron chi connectivity index (χ1n) is 10.1. The van der Waals surface area contributed by atoms with Crippen molar-refractivity contribution in [2.24, 2.45) is 0 Å². The van der Waals surface area contributed by atoms with Gasteiger partial charge in [-0.3, -0.25) is 0 Å². The molecule has 0 aliphatic heterocycles. The van der Waals surface area contributed by atoms with Gasteiger partial charge in [-0.15, -0.1) is 0 Å². The Morgan fingerprint density at radius 1 is 0.720 bits per heavy atom. The SMILES string of the molecule is CCC[CH2][Sn]([CH2]CCC)([CH2]CCC)[c]1ccnc(-c2ccccn2)c1. The third-order valence-electron chi connectivity index (χ3n) is 5.33. The first kappa shape index (κ1) is 20.4. The van der Waals surface area contributed by atoms with Crippen molar-refractivity contribution in [1.82, 2.24) is 9.97 Å². The number of rotatable bonds is 11. The molecule has 0 unspecified atom stereocenters. The minimum absolute atomic E-state index is 1.01. The fraction of sp³-hybridized carbons (Fsp3) is 0.545. The Morgan fingerprint density at radius 2 is 1.32 bits per heavy atom. The number of aromatic nitrogens is 2. The fourth-order valence-electron chi connectivity index (χ4n) is 3.77. The van der Waals surface area contributed by atoms with Gasteiger partial charge in [0.2, 0.25) is 0 Å². The summed E-state index contributed by atoms with van der Waals surface area (Å²) in [5, 5.41) is 0. The van der Waals surface area contributed by atoms with Crippen LogP contribution in [-0.4, -0.2) is 28.3 Å². The van der Waals surface area contributed by atoms with Crippen molar-refractivity contribution < 1.29 is 0 Å². The summed E-state index contributed by atoms with van der Waals surface area (Å²) >= 11 is -2.37. The van der Waals surface area contributed by atoms with E-state index in [1.807, 2.05) is 18.5 Å². The molecule has 0 aromatic carbocycles. The van der Waals surface area contributed by atoms with Crippen molar-refractivity contribution in [1.29, 1.82) is 0 Å². The molecule has 2 heterocycles. The van der Waals surface area contributed by atoms with Gasteiger partial charge >= 0.3 is 159 Å². The monoisotopic (exact) mass is 446 g/mol. The van der Waals surface area contributed by atoms with Crippen LogP contribution < -0.4 is 3.58 Å². The second kappa shape index (κ2) is 10.9. The fourth-order valence-corrected chi connectivity index (χ4v) is 19.7. The Bertz CT molecular complexity index is 591. The molecular weight excluding hydrogens is 411 g/mol. The second-order valence-electron chi connectivity index (χ2n) is 7.24. The Hall–Kier alpha value is -0.901. The van der Waals surface area contributed by atoms with Crippen LogP contribution in [0.2, 0.25) is 13.3 Å². The van der Waals surface area contributed by atoms with Crippen LogP contribution in [0.15, 0.2) is 42.7 Å². The van der Waals surface area contributed by atoms with Crippen molar-refractivity contribution in [2.75, 3.05) is 0 Å². The van der Waals surface area contributed by atoms with Crippen LogP contribution in [0.4, 0.5) is 0 Å². The second-order valence-corrected chi connectivity index (χ2v) is 20.5. The standard InChI is InChI=1S/C10H7N2.3C4H9.Sn/c1-3-7-11-9(5-1)10-6-2-4-8-12-10;3*1-3-4-2;/h1,3-8H;3*1,3-4H2,2H3;. The predicted octanol–water partition coefficient (Wildman–Crippen LogP) is 6.20. The first-order valence-corrected chi connectivity index (χ1v) is 17.6. The van der Waals surface area contributed by atoms with Gasteiger partial charge in [0.15, 0.2) is 0 Å². The summed E-state index contributed by atoms with van der Waals surface area (Å²) < 4.78 is 6.17. The molecule has 0 aliphatic rings. The third kappa shape index (κ3) is 5.80. The first-order chi connectivity index (χ1) is 12.3. The summed E-state index contributed by atoms with van der Waals surface area (Å²) in [6.45, 7) is 7.01. The molecule has 0 N–H and O–H groups in total. The quantitative estimate of drug-likeness (QED) is 0.385. The van der Waals surface area contributed by atoms with E-state index in [2.05, 4.69) is 55.0 Å². The average molecular weight is 445 g/mol. The summed E-state index contributed by atoms with van der Waals surface area (Å²) in [5.41, 5.74) is 2.06. The van der Waals surface area contributed by atoms with Gasteiger partial charge < -0.3 is 0 Å². The van der Waals surface area contributed by atoms with Crippen LogP contribution in [0.25, 0.3) is 11.4 Å². The summed E-state index contributed by atoms with van der Waals surface area (Å²) in [6.07, 6.45) is 12.0. The molecule has 2 aromatic heterocycles. The number of pyridine rings is 2. The van der Waals surface area contributed by atoms with Gasteiger partial charge in [-0.25, -0.2) is 0 Å². The van der Waals surface area contributed by atoms with E-state index in [0.717, 1.165) is 11.4 Å².